The molecule has 1 saturated carbocycles. The van der Waals surface area contributed by atoms with Crippen molar-refractivity contribution < 1.29 is 9.18 Å². The van der Waals surface area contributed by atoms with Crippen molar-refractivity contribution in [2.45, 2.75) is 18.5 Å². The topological polar surface area (TPSA) is 29.4 Å². The van der Waals surface area contributed by atoms with Gasteiger partial charge in [-0.15, -0.1) is 0 Å². The SMILES string of the molecule is C=NC(=O)C1(F)CC1. The van der Waals surface area contributed by atoms with E-state index in [1.807, 2.05) is 0 Å². The number of hydrogen-bond donors (Lipinski definition) is 0. The Labute approximate surface area is 46.4 Å². The van der Waals surface area contributed by atoms with Crippen molar-refractivity contribution in [2.24, 2.45) is 4.99 Å². The Morgan fingerprint density at radius 2 is 2.25 bits per heavy atom. The van der Waals surface area contributed by atoms with Gasteiger partial charge in [0.2, 0.25) is 0 Å². The second-order valence-electron chi connectivity index (χ2n) is 1.93. The molecule has 2 nitrogen and oxygen atoms in total. The molecule has 0 unspecified atom stereocenters. The van der Waals surface area contributed by atoms with Crippen LogP contribution in [-0.4, -0.2) is 18.3 Å². The normalized spacial score (nSPS) is 22.1. The highest BCUT2D eigenvalue weighted by Crippen LogP contribution is 2.40. The predicted octanol–water partition coefficient (Wildman–Crippen LogP) is 0.716. The van der Waals surface area contributed by atoms with E-state index in [9.17, 15) is 9.18 Å². The molecule has 0 aliphatic heterocycles. The summed E-state index contributed by atoms with van der Waals surface area (Å²) in [5.74, 6) is -0.711. The highest BCUT2D eigenvalue weighted by atomic mass is 19.1. The Morgan fingerprint density at radius 3 is 2.38 bits per heavy atom. The van der Waals surface area contributed by atoms with Crippen molar-refractivity contribution in [2.75, 3.05) is 0 Å². The van der Waals surface area contributed by atoms with Crippen LogP contribution in [0.25, 0.3) is 0 Å². The summed E-state index contributed by atoms with van der Waals surface area (Å²) in [6.45, 7) is 2.93. The molecule has 0 N–H and O–H groups in total. The molecule has 1 amide bonds. The summed E-state index contributed by atoms with van der Waals surface area (Å²) in [5.41, 5.74) is -1.61. The molecule has 0 spiro atoms. The van der Waals surface area contributed by atoms with E-state index in [1.54, 1.807) is 0 Å². The van der Waals surface area contributed by atoms with Gasteiger partial charge in [-0.2, -0.15) is 0 Å². The van der Waals surface area contributed by atoms with E-state index in [-0.39, 0.29) is 0 Å². The van der Waals surface area contributed by atoms with E-state index in [0.29, 0.717) is 12.8 Å². The third-order valence-corrected chi connectivity index (χ3v) is 1.22. The minimum Gasteiger partial charge on any atom is -0.269 e. The van der Waals surface area contributed by atoms with Crippen LogP contribution in [0.1, 0.15) is 12.8 Å². The third-order valence-electron chi connectivity index (χ3n) is 1.22. The van der Waals surface area contributed by atoms with Crippen molar-refractivity contribution in [1.82, 2.24) is 0 Å². The first kappa shape index (κ1) is 5.41. The van der Waals surface area contributed by atoms with Gasteiger partial charge in [-0.25, -0.2) is 9.38 Å². The number of nitrogens with zero attached hydrogens (tertiary/aromatic N) is 1. The molecule has 0 saturated heterocycles. The molecule has 1 rings (SSSR count). The minimum atomic E-state index is -1.61. The predicted molar refractivity (Wildman–Crippen MR) is 27.6 cm³/mol. The van der Waals surface area contributed by atoms with Crippen LogP contribution in [0.4, 0.5) is 4.39 Å². The van der Waals surface area contributed by atoms with Crippen LogP contribution in [-0.2, 0) is 4.79 Å². The van der Waals surface area contributed by atoms with Crippen LogP contribution in [0.15, 0.2) is 4.99 Å². The first-order valence-corrected chi connectivity index (χ1v) is 2.39. The lowest BCUT2D eigenvalue weighted by atomic mass is 10.4. The van der Waals surface area contributed by atoms with Gasteiger partial charge in [0.25, 0.3) is 5.91 Å². The molecular weight excluding hydrogens is 109 g/mol. The number of hydrogen-bond acceptors (Lipinski definition) is 1. The molecule has 0 aromatic heterocycles. The largest absolute Gasteiger partial charge is 0.282 e. The van der Waals surface area contributed by atoms with Gasteiger partial charge >= 0.3 is 0 Å². The maximum Gasteiger partial charge on any atom is 0.282 e. The summed E-state index contributed by atoms with van der Waals surface area (Å²) < 4.78 is 12.4. The first-order valence-electron chi connectivity index (χ1n) is 2.39. The average Bonchev–Trinajstić information content (AvgIpc) is 2.47. The summed E-state index contributed by atoms with van der Waals surface area (Å²) in [7, 11) is 0. The molecule has 0 heterocycles. The van der Waals surface area contributed by atoms with E-state index in [2.05, 4.69) is 11.7 Å². The highest BCUT2D eigenvalue weighted by Gasteiger charge is 2.50. The molecule has 0 atom stereocenters. The number of aliphatic imine (C=N–C) groups is 1. The molecule has 1 fully saturated rings. The Bertz CT molecular complexity index is 139. The lowest BCUT2D eigenvalue weighted by Crippen LogP contribution is -2.12. The number of carbonyl (C=O) groups excluding carboxylic acids is 1. The lowest BCUT2D eigenvalue weighted by Gasteiger charge is -1.92. The third kappa shape index (κ3) is 0.638. The average molecular weight is 115 g/mol. The van der Waals surface area contributed by atoms with Crippen LogP contribution >= 0.6 is 0 Å². The van der Waals surface area contributed by atoms with Gasteiger partial charge in [-0.05, 0) is 19.6 Å². The van der Waals surface area contributed by atoms with Crippen molar-refractivity contribution >= 4 is 12.6 Å². The van der Waals surface area contributed by atoms with Gasteiger partial charge in [0.05, 0.1) is 0 Å². The summed E-state index contributed by atoms with van der Waals surface area (Å²) in [6, 6.07) is 0. The molecule has 0 aromatic carbocycles. The van der Waals surface area contributed by atoms with Gasteiger partial charge < -0.3 is 0 Å². The van der Waals surface area contributed by atoms with Crippen molar-refractivity contribution in [3.63, 3.8) is 0 Å². The number of alkyl halides is 1. The smallest absolute Gasteiger partial charge is 0.269 e. The van der Waals surface area contributed by atoms with Gasteiger partial charge in [0, 0.05) is 0 Å². The highest BCUT2D eigenvalue weighted by molar-refractivity contribution is 5.91. The Balaban J connectivity index is 2.58. The van der Waals surface area contributed by atoms with Crippen molar-refractivity contribution in [3.8, 4) is 0 Å². The molecule has 8 heavy (non-hydrogen) atoms. The molecule has 0 radical (unpaired) electrons. The van der Waals surface area contributed by atoms with E-state index >= 15 is 0 Å². The Hall–Kier alpha value is -0.730. The molecular formula is C5H6FNO. The van der Waals surface area contributed by atoms with Crippen LogP contribution in [0, 0.1) is 0 Å². The Kier molecular flexibility index (Phi) is 0.927. The maximum atomic E-state index is 12.4. The van der Waals surface area contributed by atoms with Crippen molar-refractivity contribution in [3.05, 3.63) is 0 Å². The van der Waals surface area contributed by atoms with Crippen LogP contribution in [0.3, 0.4) is 0 Å². The van der Waals surface area contributed by atoms with Crippen LogP contribution in [0.2, 0.25) is 0 Å². The van der Waals surface area contributed by atoms with E-state index in [1.165, 1.54) is 0 Å². The first-order chi connectivity index (χ1) is 3.69. The van der Waals surface area contributed by atoms with Gasteiger partial charge in [0.1, 0.15) is 0 Å². The minimum absolute atomic E-state index is 0.324. The summed E-state index contributed by atoms with van der Waals surface area (Å²) in [6.07, 6.45) is 0.649. The number of carbonyl (C=O) groups is 1. The fourth-order valence-electron chi connectivity index (χ4n) is 0.465. The second-order valence-corrected chi connectivity index (χ2v) is 1.93. The van der Waals surface area contributed by atoms with Gasteiger partial charge in [0.15, 0.2) is 5.67 Å². The zero-order chi connectivity index (χ0) is 6.20. The van der Waals surface area contributed by atoms with Gasteiger partial charge in [-0.1, -0.05) is 0 Å². The Morgan fingerprint density at radius 1 is 1.75 bits per heavy atom. The fourth-order valence-corrected chi connectivity index (χ4v) is 0.465. The summed E-state index contributed by atoms with van der Waals surface area (Å²) >= 11 is 0. The second kappa shape index (κ2) is 1.37. The quantitative estimate of drug-likeness (QED) is 0.463. The maximum absolute atomic E-state index is 12.4. The molecule has 0 bridgehead atoms. The zero-order valence-electron chi connectivity index (χ0n) is 4.35. The fraction of sp³-hybridized carbons (Fsp3) is 0.600. The molecule has 1 aliphatic carbocycles. The summed E-state index contributed by atoms with van der Waals surface area (Å²) in [5, 5.41) is 0. The van der Waals surface area contributed by atoms with Crippen LogP contribution < -0.4 is 0 Å². The molecule has 3 heteroatoms. The number of rotatable bonds is 1. The zero-order valence-corrected chi connectivity index (χ0v) is 4.35. The molecule has 44 valence electrons. The lowest BCUT2D eigenvalue weighted by molar-refractivity contribution is -0.123. The molecule has 1 aliphatic rings. The standard InChI is InChI=1S/C5H6FNO/c1-7-4(8)5(6)2-3-5/h1-3H2. The molecule has 0 aromatic rings. The number of amides is 1. The van der Waals surface area contributed by atoms with Crippen molar-refractivity contribution in [1.29, 1.82) is 0 Å². The van der Waals surface area contributed by atoms with E-state index in [0.717, 1.165) is 0 Å². The van der Waals surface area contributed by atoms with Crippen LogP contribution in [0.5, 0.6) is 0 Å². The number of halogens is 1. The van der Waals surface area contributed by atoms with Gasteiger partial charge in [-0.3, -0.25) is 4.79 Å². The van der Waals surface area contributed by atoms with E-state index in [4.69, 9.17) is 0 Å². The monoisotopic (exact) mass is 115 g/mol. The summed E-state index contributed by atoms with van der Waals surface area (Å²) in [4.78, 5) is 13.2. The van der Waals surface area contributed by atoms with E-state index < -0.39 is 11.6 Å².